The summed E-state index contributed by atoms with van der Waals surface area (Å²) in [5.41, 5.74) is -0.883. The Morgan fingerprint density at radius 1 is 0.750 bits per heavy atom. The molecule has 1 unspecified atom stereocenters. The van der Waals surface area contributed by atoms with Crippen LogP contribution in [-0.4, -0.2) is 77.3 Å². The Balaban J connectivity index is 1.52. The molecule has 0 spiro atoms. The first-order valence-electron chi connectivity index (χ1n) is 15.5. The van der Waals surface area contributed by atoms with E-state index in [9.17, 15) is 9.59 Å². The largest absolute Gasteiger partial charge is 0.497 e. The number of piperidine rings is 2. The molecule has 0 bridgehead atoms. The van der Waals surface area contributed by atoms with Crippen molar-refractivity contribution in [1.29, 1.82) is 0 Å². The monoisotopic (exact) mass is 612 g/mol. The second-order valence-corrected chi connectivity index (χ2v) is 12.3. The van der Waals surface area contributed by atoms with E-state index < -0.39 is 23.1 Å². The number of nitrogens with one attached hydrogen (secondary N) is 2. The summed E-state index contributed by atoms with van der Waals surface area (Å²) in [4.78, 5) is 27.1. The molecule has 44 heavy (non-hydrogen) atoms. The maximum atomic E-state index is 13.6. The maximum absolute atomic E-state index is 13.6. The van der Waals surface area contributed by atoms with Crippen LogP contribution in [0.2, 0.25) is 0 Å². The van der Waals surface area contributed by atoms with Crippen molar-refractivity contribution in [1.82, 2.24) is 10.6 Å². The fourth-order valence-corrected chi connectivity index (χ4v) is 6.22. The average molecular weight is 613 g/mol. The molecule has 0 radical (unpaired) electrons. The number of benzene rings is 2. The summed E-state index contributed by atoms with van der Waals surface area (Å²) in [5, 5.41) is 6.75. The van der Waals surface area contributed by atoms with Crippen molar-refractivity contribution < 1.29 is 38.0 Å². The van der Waals surface area contributed by atoms with E-state index in [1.807, 2.05) is 20.8 Å². The van der Waals surface area contributed by atoms with Crippen molar-refractivity contribution in [3.05, 3.63) is 47.5 Å². The van der Waals surface area contributed by atoms with Gasteiger partial charge in [-0.3, -0.25) is 0 Å². The number of hydrogen-bond acceptors (Lipinski definition) is 10. The summed E-state index contributed by atoms with van der Waals surface area (Å²) in [7, 11) is 4.60. The van der Waals surface area contributed by atoms with Crippen molar-refractivity contribution in [2.75, 3.05) is 54.1 Å². The Morgan fingerprint density at radius 2 is 1.32 bits per heavy atom. The lowest BCUT2D eigenvalue weighted by Crippen LogP contribution is -2.46. The highest BCUT2D eigenvalue weighted by molar-refractivity contribution is 5.96. The molecule has 2 fully saturated rings. The molecular weight excluding hydrogens is 564 g/mol. The van der Waals surface area contributed by atoms with Gasteiger partial charge < -0.3 is 39.1 Å². The van der Waals surface area contributed by atoms with Gasteiger partial charge in [0.25, 0.3) is 0 Å². The van der Waals surface area contributed by atoms with Crippen molar-refractivity contribution in [2.45, 2.75) is 64.1 Å². The standard InChI is InChI=1S/C34H48N2O8/c1-33(2,24-10-15-35-16-11-24)43-32(38)30-28(41-6)8-7-9-29(30)42-19-14-34(3,25-12-17-36-18-13-25)44-31(37)23-20-26(39-4)22-27(21-23)40-5/h7-9,20-22,24-25,35-36H,10-19H2,1-6H3. The first kappa shape index (κ1) is 33.4. The SMILES string of the molecule is COc1cc(OC)cc(C(=O)OC(C)(CCOc2cccc(OC)c2C(=O)OC(C)(C)C2CCNCC2)C2CCNCC2)c1. The lowest BCUT2D eigenvalue weighted by Gasteiger charge is -2.39. The molecule has 242 valence electrons. The third kappa shape index (κ3) is 8.15. The lowest BCUT2D eigenvalue weighted by molar-refractivity contribution is -0.0580. The van der Waals surface area contributed by atoms with Crippen LogP contribution in [-0.2, 0) is 9.47 Å². The van der Waals surface area contributed by atoms with Gasteiger partial charge in [-0.15, -0.1) is 0 Å². The number of carbonyl (C=O) groups excluding carboxylic acids is 2. The number of esters is 2. The predicted molar refractivity (Wildman–Crippen MR) is 167 cm³/mol. The van der Waals surface area contributed by atoms with E-state index in [1.54, 1.807) is 36.4 Å². The van der Waals surface area contributed by atoms with Crippen molar-refractivity contribution in [2.24, 2.45) is 11.8 Å². The van der Waals surface area contributed by atoms with Crippen LogP contribution in [0.3, 0.4) is 0 Å². The van der Waals surface area contributed by atoms with Crippen molar-refractivity contribution in [3.8, 4) is 23.0 Å². The molecule has 2 aliphatic rings. The normalized spacial score (nSPS) is 17.7. The highest BCUT2D eigenvalue weighted by atomic mass is 16.6. The zero-order chi connectivity index (χ0) is 31.7. The Kier molecular flexibility index (Phi) is 11.4. The second-order valence-electron chi connectivity index (χ2n) is 12.3. The summed E-state index contributed by atoms with van der Waals surface area (Å²) < 4.78 is 34.9. The molecule has 0 amide bonds. The fraction of sp³-hybridized carbons (Fsp3) is 0.588. The summed E-state index contributed by atoms with van der Waals surface area (Å²) in [6.45, 7) is 9.58. The van der Waals surface area contributed by atoms with Gasteiger partial charge in [0.2, 0.25) is 0 Å². The Hall–Kier alpha value is -3.50. The molecule has 10 heteroatoms. The number of rotatable bonds is 13. The van der Waals surface area contributed by atoms with Gasteiger partial charge in [0, 0.05) is 24.3 Å². The van der Waals surface area contributed by atoms with Crippen LogP contribution in [0, 0.1) is 11.8 Å². The Labute approximate surface area is 261 Å². The van der Waals surface area contributed by atoms with Gasteiger partial charge in [-0.2, -0.15) is 0 Å². The molecule has 10 nitrogen and oxygen atoms in total. The maximum Gasteiger partial charge on any atom is 0.346 e. The summed E-state index contributed by atoms with van der Waals surface area (Å²) in [6.07, 6.45) is 4.00. The van der Waals surface area contributed by atoms with Crippen LogP contribution < -0.4 is 29.6 Å². The Morgan fingerprint density at radius 3 is 1.89 bits per heavy atom. The fourth-order valence-electron chi connectivity index (χ4n) is 6.22. The van der Waals surface area contributed by atoms with Gasteiger partial charge in [-0.1, -0.05) is 6.07 Å². The van der Waals surface area contributed by atoms with Crippen molar-refractivity contribution in [3.63, 3.8) is 0 Å². The number of ether oxygens (including phenoxy) is 6. The molecule has 2 saturated heterocycles. The first-order chi connectivity index (χ1) is 21.1. The zero-order valence-electron chi connectivity index (χ0n) is 27.0. The van der Waals surface area contributed by atoms with E-state index in [1.165, 1.54) is 21.3 Å². The second kappa shape index (κ2) is 15.0. The van der Waals surface area contributed by atoms with Crippen LogP contribution in [0.1, 0.15) is 73.6 Å². The summed E-state index contributed by atoms with van der Waals surface area (Å²) >= 11 is 0. The highest BCUT2D eigenvalue weighted by Crippen LogP contribution is 2.37. The van der Waals surface area contributed by atoms with Gasteiger partial charge in [0.1, 0.15) is 39.8 Å². The zero-order valence-corrected chi connectivity index (χ0v) is 27.0. The molecule has 2 N–H and O–H groups in total. The summed E-state index contributed by atoms with van der Waals surface area (Å²) in [6, 6.07) is 10.2. The summed E-state index contributed by atoms with van der Waals surface area (Å²) in [5.74, 6) is 1.17. The van der Waals surface area contributed by atoms with E-state index in [0.29, 0.717) is 35.0 Å². The number of hydrogen-bond donors (Lipinski definition) is 2. The lowest BCUT2D eigenvalue weighted by atomic mass is 9.80. The number of carbonyl (C=O) groups is 2. The molecule has 1 atom stereocenters. The van der Waals surface area contributed by atoms with Crippen LogP contribution in [0.15, 0.2) is 36.4 Å². The smallest absolute Gasteiger partial charge is 0.346 e. The third-order valence-electron chi connectivity index (χ3n) is 9.06. The predicted octanol–water partition coefficient (Wildman–Crippen LogP) is 5.03. The van der Waals surface area contributed by atoms with E-state index >= 15 is 0 Å². The van der Waals surface area contributed by atoms with E-state index in [4.69, 9.17) is 28.4 Å². The molecule has 2 aromatic rings. The third-order valence-corrected chi connectivity index (χ3v) is 9.06. The molecular formula is C34H48N2O8. The van der Waals surface area contributed by atoms with Crippen LogP contribution in [0.4, 0.5) is 0 Å². The molecule has 0 saturated carbocycles. The van der Waals surface area contributed by atoms with E-state index in [-0.39, 0.29) is 24.0 Å². The molecule has 0 aliphatic carbocycles. The first-order valence-corrected chi connectivity index (χ1v) is 15.5. The highest BCUT2D eigenvalue weighted by Gasteiger charge is 2.40. The van der Waals surface area contributed by atoms with Gasteiger partial charge in [0.15, 0.2) is 0 Å². The minimum Gasteiger partial charge on any atom is -0.497 e. The average Bonchev–Trinajstić information content (AvgIpc) is 3.04. The Bertz CT molecular complexity index is 1250. The molecule has 2 aromatic carbocycles. The van der Waals surface area contributed by atoms with Crippen molar-refractivity contribution >= 4 is 11.9 Å². The number of methoxy groups -OCH3 is 3. The van der Waals surface area contributed by atoms with Crippen LogP contribution >= 0.6 is 0 Å². The molecule has 4 rings (SSSR count). The topological polar surface area (TPSA) is 114 Å². The minimum atomic E-state index is -0.827. The van der Waals surface area contributed by atoms with E-state index in [0.717, 1.165) is 51.9 Å². The van der Waals surface area contributed by atoms with Gasteiger partial charge in [-0.05, 0) is 96.9 Å². The minimum absolute atomic E-state index is 0.115. The molecule has 0 aromatic heterocycles. The van der Waals surface area contributed by atoms with Crippen LogP contribution in [0.25, 0.3) is 0 Å². The molecule has 2 aliphatic heterocycles. The molecule has 2 heterocycles. The van der Waals surface area contributed by atoms with Gasteiger partial charge >= 0.3 is 11.9 Å². The van der Waals surface area contributed by atoms with E-state index in [2.05, 4.69) is 10.6 Å². The van der Waals surface area contributed by atoms with Gasteiger partial charge in [-0.25, -0.2) is 9.59 Å². The van der Waals surface area contributed by atoms with Gasteiger partial charge in [0.05, 0.1) is 33.5 Å². The quantitative estimate of drug-likeness (QED) is 0.299. The van der Waals surface area contributed by atoms with Crippen LogP contribution in [0.5, 0.6) is 23.0 Å².